The van der Waals surface area contributed by atoms with Crippen LogP contribution in [0.2, 0.25) is 0 Å². The molecule has 1 atom stereocenters. The van der Waals surface area contributed by atoms with Crippen molar-refractivity contribution in [3.05, 3.63) is 65.0 Å². The lowest BCUT2D eigenvalue weighted by atomic mass is 9.95. The van der Waals surface area contributed by atoms with Gasteiger partial charge in [0, 0.05) is 5.56 Å². The Morgan fingerprint density at radius 3 is 2.52 bits per heavy atom. The van der Waals surface area contributed by atoms with Crippen molar-refractivity contribution in [3.63, 3.8) is 0 Å². The van der Waals surface area contributed by atoms with Crippen LogP contribution in [0.3, 0.4) is 0 Å². The zero-order valence-electron chi connectivity index (χ0n) is 11.9. The quantitative estimate of drug-likeness (QED) is 0.910. The Kier molecular flexibility index (Phi) is 4.55. The van der Waals surface area contributed by atoms with Gasteiger partial charge in [0.05, 0.1) is 18.8 Å². The van der Waals surface area contributed by atoms with E-state index in [2.05, 4.69) is 10.1 Å². The molecular formula is C16H17FN2O2. The van der Waals surface area contributed by atoms with Crippen molar-refractivity contribution in [2.24, 2.45) is 5.73 Å². The van der Waals surface area contributed by atoms with Crippen molar-refractivity contribution in [1.82, 2.24) is 0 Å². The van der Waals surface area contributed by atoms with Gasteiger partial charge in [0.1, 0.15) is 5.82 Å². The number of aryl methyl sites for hydroxylation is 1. The lowest BCUT2D eigenvalue weighted by Crippen LogP contribution is -2.20. The second-order valence-electron chi connectivity index (χ2n) is 4.66. The summed E-state index contributed by atoms with van der Waals surface area (Å²) in [7, 11) is 1.25. The number of methoxy groups -OCH3 is 1. The minimum Gasteiger partial charge on any atom is -0.453 e. The van der Waals surface area contributed by atoms with Crippen LogP contribution < -0.4 is 11.1 Å². The third kappa shape index (κ3) is 3.20. The van der Waals surface area contributed by atoms with E-state index in [0.29, 0.717) is 11.3 Å². The number of halogens is 1. The number of benzene rings is 2. The number of hydrogen-bond acceptors (Lipinski definition) is 3. The van der Waals surface area contributed by atoms with Gasteiger partial charge >= 0.3 is 6.09 Å². The van der Waals surface area contributed by atoms with E-state index in [9.17, 15) is 9.18 Å². The molecule has 0 fully saturated rings. The largest absolute Gasteiger partial charge is 0.453 e. The van der Waals surface area contributed by atoms with Gasteiger partial charge in [-0.2, -0.15) is 0 Å². The van der Waals surface area contributed by atoms with E-state index in [1.807, 2.05) is 30.3 Å². The van der Waals surface area contributed by atoms with Gasteiger partial charge in [0.25, 0.3) is 0 Å². The van der Waals surface area contributed by atoms with Crippen molar-refractivity contribution >= 4 is 11.8 Å². The van der Waals surface area contributed by atoms with E-state index in [0.717, 1.165) is 5.56 Å². The van der Waals surface area contributed by atoms with E-state index in [-0.39, 0.29) is 5.56 Å². The molecule has 0 spiro atoms. The number of nitrogens with one attached hydrogen (secondary N) is 1. The summed E-state index contributed by atoms with van der Waals surface area (Å²) in [4.78, 5) is 11.5. The first-order valence-electron chi connectivity index (χ1n) is 6.49. The third-order valence-electron chi connectivity index (χ3n) is 3.28. The summed E-state index contributed by atoms with van der Waals surface area (Å²) in [6, 6.07) is 11.4. The van der Waals surface area contributed by atoms with Crippen LogP contribution >= 0.6 is 0 Å². The van der Waals surface area contributed by atoms with Gasteiger partial charge in [-0.05, 0) is 24.1 Å². The Balaban J connectivity index is 2.51. The summed E-state index contributed by atoms with van der Waals surface area (Å²) >= 11 is 0. The van der Waals surface area contributed by atoms with Crippen LogP contribution in [0.4, 0.5) is 14.9 Å². The summed E-state index contributed by atoms with van der Waals surface area (Å²) in [5.41, 5.74) is 8.23. The highest BCUT2D eigenvalue weighted by atomic mass is 19.1. The normalized spacial score (nSPS) is 11.8. The fourth-order valence-corrected chi connectivity index (χ4v) is 2.15. The Morgan fingerprint density at radius 2 is 1.90 bits per heavy atom. The molecule has 3 N–H and O–H groups in total. The van der Waals surface area contributed by atoms with Crippen molar-refractivity contribution in [3.8, 4) is 0 Å². The number of nitrogens with two attached hydrogens (primary N) is 1. The molecule has 0 aliphatic heterocycles. The Hall–Kier alpha value is -2.40. The molecule has 5 heteroatoms. The van der Waals surface area contributed by atoms with Gasteiger partial charge in [-0.1, -0.05) is 36.4 Å². The second kappa shape index (κ2) is 6.37. The number of rotatable bonds is 3. The van der Waals surface area contributed by atoms with Crippen molar-refractivity contribution in [2.45, 2.75) is 13.0 Å². The molecule has 0 bridgehead atoms. The first-order chi connectivity index (χ1) is 10.0. The zero-order chi connectivity index (χ0) is 15.4. The average Bonchev–Trinajstić information content (AvgIpc) is 2.51. The summed E-state index contributed by atoms with van der Waals surface area (Å²) < 4.78 is 18.8. The second-order valence-corrected chi connectivity index (χ2v) is 4.66. The number of anilines is 1. The standard InChI is InChI=1S/C16H17FN2O2/c1-10-8-9-12(17)13(15(10)19-16(20)21-2)14(18)11-6-4-3-5-7-11/h3-9,14H,18H2,1-2H3,(H,19,20). The Bertz CT molecular complexity index is 644. The molecule has 2 rings (SSSR count). The van der Waals surface area contributed by atoms with Crippen molar-refractivity contribution in [1.29, 1.82) is 0 Å². The molecule has 0 heterocycles. The van der Waals surface area contributed by atoms with E-state index >= 15 is 0 Å². The van der Waals surface area contributed by atoms with E-state index < -0.39 is 18.0 Å². The van der Waals surface area contributed by atoms with Crippen molar-refractivity contribution in [2.75, 3.05) is 12.4 Å². The highest BCUT2D eigenvalue weighted by Gasteiger charge is 2.21. The summed E-state index contributed by atoms with van der Waals surface area (Å²) in [6.45, 7) is 1.77. The van der Waals surface area contributed by atoms with E-state index in [4.69, 9.17) is 5.73 Å². The van der Waals surface area contributed by atoms with Crippen molar-refractivity contribution < 1.29 is 13.9 Å². The summed E-state index contributed by atoms with van der Waals surface area (Å²) in [5.74, 6) is -0.469. The van der Waals surface area contributed by atoms with Gasteiger partial charge in [-0.3, -0.25) is 5.32 Å². The smallest absolute Gasteiger partial charge is 0.411 e. The number of hydrogen-bond donors (Lipinski definition) is 2. The lowest BCUT2D eigenvalue weighted by molar-refractivity contribution is 0.187. The van der Waals surface area contributed by atoms with Gasteiger partial charge in [0.15, 0.2) is 0 Å². The van der Waals surface area contributed by atoms with Crippen LogP contribution in [-0.4, -0.2) is 13.2 Å². The molecule has 1 unspecified atom stereocenters. The molecule has 110 valence electrons. The molecule has 2 aromatic rings. The van der Waals surface area contributed by atoms with Crippen LogP contribution in [0.25, 0.3) is 0 Å². The third-order valence-corrected chi connectivity index (χ3v) is 3.28. The number of amides is 1. The molecule has 0 radical (unpaired) electrons. The molecule has 2 aromatic carbocycles. The van der Waals surface area contributed by atoms with Crippen LogP contribution in [0.15, 0.2) is 42.5 Å². The molecule has 0 aromatic heterocycles. The number of carbonyl (C=O) groups excluding carboxylic acids is 1. The van der Waals surface area contributed by atoms with Crippen LogP contribution in [-0.2, 0) is 4.74 Å². The Morgan fingerprint density at radius 1 is 1.24 bits per heavy atom. The molecule has 4 nitrogen and oxygen atoms in total. The molecule has 0 saturated heterocycles. The minimum absolute atomic E-state index is 0.242. The maximum atomic E-state index is 14.2. The van der Waals surface area contributed by atoms with E-state index in [1.54, 1.807) is 13.0 Å². The highest BCUT2D eigenvalue weighted by Crippen LogP contribution is 2.31. The molecule has 0 aliphatic rings. The number of ether oxygens (including phenoxy) is 1. The molecular weight excluding hydrogens is 271 g/mol. The first-order valence-corrected chi connectivity index (χ1v) is 6.49. The van der Waals surface area contributed by atoms with E-state index in [1.165, 1.54) is 13.2 Å². The molecule has 0 aliphatic carbocycles. The summed E-state index contributed by atoms with van der Waals surface area (Å²) in [6.07, 6.45) is -0.662. The monoisotopic (exact) mass is 288 g/mol. The fourth-order valence-electron chi connectivity index (χ4n) is 2.15. The maximum Gasteiger partial charge on any atom is 0.411 e. The first kappa shape index (κ1) is 15.0. The van der Waals surface area contributed by atoms with Gasteiger partial charge < -0.3 is 10.5 Å². The predicted octanol–water partition coefficient (Wildman–Crippen LogP) is 3.36. The minimum atomic E-state index is -0.682. The lowest BCUT2D eigenvalue weighted by Gasteiger charge is -2.19. The average molecular weight is 288 g/mol. The van der Waals surface area contributed by atoms with Gasteiger partial charge in [-0.25, -0.2) is 9.18 Å². The zero-order valence-corrected chi connectivity index (χ0v) is 11.9. The summed E-state index contributed by atoms with van der Waals surface area (Å²) in [5, 5.41) is 2.54. The maximum absolute atomic E-state index is 14.2. The SMILES string of the molecule is COC(=O)Nc1c(C)ccc(F)c1C(N)c1ccccc1. The van der Waals surface area contributed by atoms with Crippen LogP contribution in [0, 0.1) is 12.7 Å². The molecule has 0 saturated carbocycles. The number of carbonyl (C=O) groups is 1. The van der Waals surface area contributed by atoms with Gasteiger partial charge in [0.2, 0.25) is 0 Å². The fraction of sp³-hybridized carbons (Fsp3) is 0.188. The Labute approximate surface area is 122 Å². The van der Waals surface area contributed by atoms with Crippen LogP contribution in [0.1, 0.15) is 22.7 Å². The molecule has 21 heavy (non-hydrogen) atoms. The topological polar surface area (TPSA) is 64.3 Å². The van der Waals surface area contributed by atoms with Gasteiger partial charge in [-0.15, -0.1) is 0 Å². The van der Waals surface area contributed by atoms with Crippen LogP contribution in [0.5, 0.6) is 0 Å². The molecule has 1 amide bonds. The predicted molar refractivity (Wildman–Crippen MR) is 79.6 cm³/mol. The highest BCUT2D eigenvalue weighted by molar-refractivity contribution is 5.87.